The van der Waals surface area contributed by atoms with E-state index < -0.39 is 11.5 Å². The first kappa shape index (κ1) is 10.6. The SMILES string of the molecule is NCCc1n[nH]c(=O)n1-c1cccc(F)c1. The molecule has 0 aliphatic rings. The summed E-state index contributed by atoms with van der Waals surface area (Å²) in [5, 5.41) is 6.15. The lowest BCUT2D eigenvalue weighted by Gasteiger charge is -2.04. The van der Waals surface area contributed by atoms with Gasteiger partial charge in [-0.05, 0) is 24.7 Å². The van der Waals surface area contributed by atoms with Crippen LogP contribution in [0.1, 0.15) is 5.82 Å². The molecule has 0 radical (unpaired) electrons. The van der Waals surface area contributed by atoms with Gasteiger partial charge in [0.05, 0.1) is 5.69 Å². The highest BCUT2D eigenvalue weighted by Gasteiger charge is 2.09. The average Bonchev–Trinajstić information content (AvgIpc) is 2.60. The minimum absolute atomic E-state index is 0.375. The summed E-state index contributed by atoms with van der Waals surface area (Å²) in [4.78, 5) is 11.5. The van der Waals surface area contributed by atoms with Crippen LogP contribution in [0.5, 0.6) is 0 Å². The van der Waals surface area contributed by atoms with Crippen molar-refractivity contribution in [3.8, 4) is 5.69 Å². The average molecular weight is 222 g/mol. The van der Waals surface area contributed by atoms with Crippen molar-refractivity contribution in [3.05, 3.63) is 46.4 Å². The molecule has 16 heavy (non-hydrogen) atoms. The molecule has 0 fully saturated rings. The smallest absolute Gasteiger partial charge is 0.330 e. The first-order chi connectivity index (χ1) is 7.72. The van der Waals surface area contributed by atoms with Gasteiger partial charge in [-0.15, -0.1) is 0 Å². The fourth-order valence-electron chi connectivity index (χ4n) is 1.51. The Morgan fingerprint density at radius 1 is 1.50 bits per heavy atom. The Bertz CT molecular complexity index is 546. The first-order valence-electron chi connectivity index (χ1n) is 4.84. The van der Waals surface area contributed by atoms with E-state index in [1.807, 2.05) is 0 Å². The predicted molar refractivity (Wildman–Crippen MR) is 56.9 cm³/mol. The largest absolute Gasteiger partial charge is 0.347 e. The maximum atomic E-state index is 13.0. The van der Waals surface area contributed by atoms with Gasteiger partial charge in [-0.2, -0.15) is 5.10 Å². The lowest BCUT2D eigenvalue weighted by Crippen LogP contribution is -2.18. The number of nitrogens with zero attached hydrogens (tertiary/aromatic N) is 2. The zero-order chi connectivity index (χ0) is 11.5. The quantitative estimate of drug-likeness (QED) is 0.778. The van der Waals surface area contributed by atoms with E-state index in [0.717, 1.165) is 0 Å². The van der Waals surface area contributed by atoms with E-state index in [2.05, 4.69) is 10.2 Å². The summed E-state index contributed by atoms with van der Waals surface area (Å²) in [6.45, 7) is 0.375. The molecule has 0 amide bonds. The molecule has 5 nitrogen and oxygen atoms in total. The zero-order valence-corrected chi connectivity index (χ0v) is 8.48. The highest BCUT2D eigenvalue weighted by atomic mass is 19.1. The maximum absolute atomic E-state index is 13.0. The van der Waals surface area contributed by atoms with Crippen LogP contribution in [0.3, 0.4) is 0 Å². The van der Waals surface area contributed by atoms with Gasteiger partial charge in [-0.25, -0.2) is 18.9 Å². The number of rotatable bonds is 3. The van der Waals surface area contributed by atoms with Crippen molar-refractivity contribution in [3.63, 3.8) is 0 Å². The Labute approximate surface area is 90.7 Å². The van der Waals surface area contributed by atoms with Crippen LogP contribution < -0.4 is 11.4 Å². The van der Waals surface area contributed by atoms with Gasteiger partial charge in [-0.1, -0.05) is 6.07 Å². The predicted octanol–water partition coefficient (Wildman–Crippen LogP) is 0.201. The van der Waals surface area contributed by atoms with Gasteiger partial charge < -0.3 is 5.73 Å². The van der Waals surface area contributed by atoms with Crippen molar-refractivity contribution in [2.45, 2.75) is 6.42 Å². The van der Waals surface area contributed by atoms with E-state index >= 15 is 0 Å². The molecule has 0 bridgehead atoms. The molecule has 0 aliphatic heterocycles. The minimum Gasteiger partial charge on any atom is -0.330 e. The number of aromatic amines is 1. The van der Waals surface area contributed by atoms with Crippen molar-refractivity contribution in [1.82, 2.24) is 14.8 Å². The van der Waals surface area contributed by atoms with Gasteiger partial charge in [-0.3, -0.25) is 0 Å². The minimum atomic E-state index is -0.399. The molecule has 0 unspecified atom stereocenters. The molecular weight excluding hydrogens is 211 g/mol. The topological polar surface area (TPSA) is 76.7 Å². The van der Waals surface area contributed by atoms with Gasteiger partial charge in [0.2, 0.25) is 0 Å². The van der Waals surface area contributed by atoms with Crippen LogP contribution in [-0.2, 0) is 6.42 Å². The van der Waals surface area contributed by atoms with Gasteiger partial charge in [0, 0.05) is 6.42 Å². The molecule has 0 saturated carbocycles. The Hall–Kier alpha value is -1.95. The van der Waals surface area contributed by atoms with Gasteiger partial charge >= 0.3 is 5.69 Å². The van der Waals surface area contributed by atoms with Crippen molar-refractivity contribution in [2.24, 2.45) is 5.73 Å². The molecule has 84 valence electrons. The number of nitrogens with two attached hydrogens (primary N) is 1. The molecule has 1 aromatic carbocycles. The normalized spacial score (nSPS) is 10.6. The van der Waals surface area contributed by atoms with Crippen LogP contribution in [0.4, 0.5) is 4.39 Å². The van der Waals surface area contributed by atoms with Crippen molar-refractivity contribution in [1.29, 1.82) is 0 Å². The molecule has 1 heterocycles. The van der Waals surface area contributed by atoms with E-state index in [4.69, 9.17) is 5.73 Å². The van der Waals surface area contributed by atoms with Crippen LogP contribution >= 0.6 is 0 Å². The van der Waals surface area contributed by atoms with Crippen LogP contribution in [0.2, 0.25) is 0 Å². The van der Waals surface area contributed by atoms with E-state index in [9.17, 15) is 9.18 Å². The lowest BCUT2D eigenvalue weighted by molar-refractivity contribution is 0.626. The molecule has 0 aliphatic carbocycles. The summed E-state index contributed by atoms with van der Waals surface area (Å²) >= 11 is 0. The molecule has 0 spiro atoms. The fourth-order valence-corrected chi connectivity index (χ4v) is 1.51. The molecule has 2 aromatic rings. The summed E-state index contributed by atoms with van der Waals surface area (Å²) in [7, 11) is 0. The Balaban J connectivity index is 2.54. The van der Waals surface area contributed by atoms with Crippen LogP contribution in [0, 0.1) is 5.82 Å². The second kappa shape index (κ2) is 4.28. The van der Waals surface area contributed by atoms with Crippen LogP contribution in [0.15, 0.2) is 29.1 Å². The third kappa shape index (κ3) is 1.87. The Kier molecular flexibility index (Phi) is 2.82. The monoisotopic (exact) mass is 222 g/mol. The van der Waals surface area contributed by atoms with Crippen molar-refractivity contribution < 1.29 is 4.39 Å². The van der Waals surface area contributed by atoms with E-state index in [1.54, 1.807) is 6.07 Å². The van der Waals surface area contributed by atoms with Crippen LogP contribution in [0.25, 0.3) is 5.69 Å². The molecular formula is C10H11FN4O. The number of hydrogen-bond acceptors (Lipinski definition) is 3. The van der Waals surface area contributed by atoms with Crippen molar-refractivity contribution >= 4 is 0 Å². The third-order valence-electron chi connectivity index (χ3n) is 2.18. The van der Waals surface area contributed by atoms with Crippen LogP contribution in [-0.4, -0.2) is 21.3 Å². The fraction of sp³-hybridized carbons (Fsp3) is 0.200. The molecule has 3 N–H and O–H groups in total. The van der Waals surface area contributed by atoms with Gasteiger partial charge in [0.1, 0.15) is 11.6 Å². The number of H-pyrrole nitrogens is 1. The number of halogens is 1. The maximum Gasteiger partial charge on any atom is 0.347 e. The molecule has 0 saturated heterocycles. The summed E-state index contributed by atoms with van der Waals surface area (Å²) in [6.07, 6.45) is 0.454. The van der Waals surface area contributed by atoms with E-state index in [1.165, 1.54) is 22.8 Å². The standard InChI is InChI=1S/C10H11FN4O/c11-7-2-1-3-8(6-7)15-9(4-5-12)13-14-10(15)16/h1-3,6H,4-5,12H2,(H,14,16). The summed E-state index contributed by atoms with van der Waals surface area (Å²) < 4.78 is 14.4. The lowest BCUT2D eigenvalue weighted by atomic mass is 10.3. The molecule has 1 aromatic heterocycles. The van der Waals surface area contributed by atoms with E-state index in [0.29, 0.717) is 24.5 Å². The Morgan fingerprint density at radius 3 is 3.00 bits per heavy atom. The second-order valence-electron chi connectivity index (χ2n) is 3.30. The Morgan fingerprint density at radius 2 is 2.31 bits per heavy atom. The highest BCUT2D eigenvalue weighted by molar-refractivity contribution is 5.32. The van der Waals surface area contributed by atoms with Crippen molar-refractivity contribution in [2.75, 3.05) is 6.54 Å². The van der Waals surface area contributed by atoms with E-state index in [-0.39, 0.29) is 0 Å². The first-order valence-corrected chi connectivity index (χ1v) is 4.84. The summed E-state index contributed by atoms with van der Waals surface area (Å²) in [5.74, 6) is 0.0994. The van der Waals surface area contributed by atoms with Gasteiger partial charge in [0.25, 0.3) is 0 Å². The zero-order valence-electron chi connectivity index (χ0n) is 8.48. The molecule has 6 heteroatoms. The highest BCUT2D eigenvalue weighted by Crippen LogP contribution is 2.09. The number of benzene rings is 1. The summed E-state index contributed by atoms with van der Waals surface area (Å²) in [5.41, 5.74) is 5.46. The van der Waals surface area contributed by atoms with Gasteiger partial charge in [0.15, 0.2) is 0 Å². The molecule has 2 rings (SSSR count). The second-order valence-corrected chi connectivity index (χ2v) is 3.30. The number of nitrogens with one attached hydrogen (secondary N) is 1. The number of aromatic nitrogens is 3. The summed E-state index contributed by atoms with van der Waals surface area (Å²) in [6, 6.07) is 5.77. The third-order valence-corrected chi connectivity index (χ3v) is 2.18. The molecule has 0 atom stereocenters. The number of hydrogen-bond donors (Lipinski definition) is 2.